The maximum absolute atomic E-state index is 12.7. The van der Waals surface area contributed by atoms with Crippen LogP contribution in [0.1, 0.15) is 99.5 Å². The van der Waals surface area contributed by atoms with Crippen LogP contribution < -0.4 is 4.74 Å². The van der Waals surface area contributed by atoms with Gasteiger partial charge in [-0.1, -0.05) is 87.2 Å². The molecule has 5 heteroatoms. The zero-order chi connectivity index (χ0) is 25.6. The number of ether oxygens (including phenoxy) is 1. The molecule has 4 nitrogen and oxygen atoms in total. The number of aryl methyl sites for hydroxylation is 2. The summed E-state index contributed by atoms with van der Waals surface area (Å²) in [6.07, 6.45) is 18.4. The Balaban J connectivity index is 1.50. The average Bonchev–Trinajstić information content (AvgIpc) is 2.90. The van der Waals surface area contributed by atoms with E-state index in [0.29, 0.717) is 17.1 Å². The normalized spacial score (nSPS) is 11.0. The van der Waals surface area contributed by atoms with Crippen molar-refractivity contribution in [2.75, 3.05) is 0 Å². The van der Waals surface area contributed by atoms with Crippen molar-refractivity contribution in [3.8, 4) is 17.1 Å². The van der Waals surface area contributed by atoms with Crippen LogP contribution in [0.2, 0.25) is 0 Å². The molecule has 0 atom stereocenters. The number of rotatable bonds is 15. The lowest BCUT2D eigenvalue weighted by Crippen LogP contribution is -2.08. The van der Waals surface area contributed by atoms with Crippen LogP contribution in [0.3, 0.4) is 0 Å². The number of carbonyl (C=O) groups is 1. The molecule has 0 unspecified atom stereocenters. The first-order valence-electron chi connectivity index (χ1n) is 13.5. The zero-order valence-electron chi connectivity index (χ0n) is 21.8. The molecule has 1 heterocycles. The Bertz CT molecular complexity index is 1060. The average molecular weight is 552 g/mol. The number of unbranched alkanes of at least 4 members (excludes halogenated alkanes) is 8. The number of benzene rings is 2. The van der Waals surface area contributed by atoms with Crippen molar-refractivity contribution in [2.45, 2.75) is 90.9 Å². The number of hydrogen-bond donors (Lipinski definition) is 0. The molecular weight excluding hydrogens is 512 g/mol. The molecule has 0 aliphatic rings. The maximum atomic E-state index is 12.7. The van der Waals surface area contributed by atoms with Crippen LogP contribution in [0.5, 0.6) is 5.75 Å². The first-order valence-corrected chi connectivity index (χ1v) is 14.3. The van der Waals surface area contributed by atoms with E-state index in [1.54, 1.807) is 12.1 Å². The fraction of sp³-hybridized carbons (Fsp3) is 0.452. The Morgan fingerprint density at radius 1 is 0.778 bits per heavy atom. The second-order valence-electron chi connectivity index (χ2n) is 9.46. The first-order chi connectivity index (χ1) is 17.6. The summed E-state index contributed by atoms with van der Waals surface area (Å²) >= 11 is 3.63. The van der Waals surface area contributed by atoms with E-state index < -0.39 is 0 Å². The Hall–Kier alpha value is -2.53. The molecule has 0 saturated carbocycles. The monoisotopic (exact) mass is 550 g/mol. The summed E-state index contributed by atoms with van der Waals surface area (Å²) in [5, 5.41) is 0. The van der Waals surface area contributed by atoms with Crippen molar-refractivity contribution in [1.82, 2.24) is 9.97 Å². The largest absolute Gasteiger partial charge is 0.423 e. The van der Waals surface area contributed by atoms with Gasteiger partial charge in [-0.05, 0) is 73.2 Å². The van der Waals surface area contributed by atoms with Crippen LogP contribution in [0.25, 0.3) is 11.4 Å². The summed E-state index contributed by atoms with van der Waals surface area (Å²) in [6.45, 7) is 4.46. The molecule has 0 N–H and O–H groups in total. The van der Waals surface area contributed by atoms with E-state index in [2.05, 4.69) is 39.7 Å². The topological polar surface area (TPSA) is 52.1 Å². The highest BCUT2D eigenvalue weighted by Crippen LogP contribution is 2.24. The molecule has 1 aromatic heterocycles. The predicted molar refractivity (Wildman–Crippen MR) is 151 cm³/mol. The number of halogens is 1. The van der Waals surface area contributed by atoms with Gasteiger partial charge in [-0.15, -0.1) is 0 Å². The summed E-state index contributed by atoms with van der Waals surface area (Å²) < 4.78 is 6.57. The SMILES string of the molecule is CCCCCCCCc1ccc(C(=O)Oc2ccc(-c3ncc(CCCCCC)cn3)cc2)cc1Br. The lowest BCUT2D eigenvalue weighted by molar-refractivity contribution is 0.0734. The smallest absolute Gasteiger partial charge is 0.343 e. The van der Waals surface area contributed by atoms with Crippen molar-refractivity contribution in [1.29, 1.82) is 0 Å². The molecule has 3 rings (SSSR count). The number of nitrogens with zero attached hydrogens (tertiary/aromatic N) is 2. The summed E-state index contributed by atoms with van der Waals surface area (Å²) in [5.41, 5.74) is 3.84. The van der Waals surface area contributed by atoms with Gasteiger partial charge in [-0.25, -0.2) is 14.8 Å². The lowest BCUT2D eigenvalue weighted by atomic mass is 10.0. The molecule has 0 spiro atoms. The van der Waals surface area contributed by atoms with Gasteiger partial charge in [0.1, 0.15) is 5.75 Å². The summed E-state index contributed by atoms with van der Waals surface area (Å²) in [6, 6.07) is 13.1. The second-order valence-corrected chi connectivity index (χ2v) is 10.3. The van der Waals surface area contributed by atoms with E-state index >= 15 is 0 Å². The summed E-state index contributed by atoms with van der Waals surface area (Å²) in [5.74, 6) is 0.817. The summed E-state index contributed by atoms with van der Waals surface area (Å²) in [4.78, 5) is 21.7. The van der Waals surface area contributed by atoms with Crippen LogP contribution in [0, 0.1) is 0 Å². The number of esters is 1. The molecular formula is C31H39BrN2O2. The van der Waals surface area contributed by atoms with Crippen molar-refractivity contribution < 1.29 is 9.53 Å². The van der Waals surface area contributed by atoms with Crippen LogP contribution in [0.4, 0.5) is 0 Å². The summed E-state index contributed by atoms with van der Waals surface area (Å²) in [7, 11) is 0. The highest BCUT2D eigenvalue weighted by atomic mass is 79.9. The standard InChI is InChI=1S/C31H39BrN2O2/c1-3-5-7-9-10-12-14-25-15-16-27(21-29(25)32)31(35)36-28-19-17-26(18-20-28)30-33-22-24(23-34-30)13-11-8-6-4-2/h15-23H,3-14H2,1-2H3. The van der Waals surface area contributed by atoms with Gasteiger partial charge in [0.05, 0.1) is 5.56 Å². The van der Waals surface area contributed by atoms with Gasteiger partial charge < -0.3 is 4.74 Å². The molecule has 36 heavy (non-hydrogen) atoms. The Morgan fingerprint density at radius 2 is 1.39 bits per heavy atom. The van der Waals surface area contributed by atoms with Gasteiger partial charge >= 0.3 is 5.97 Å². The number of carbonyl (C=O) groups excluding carboxylic acids is 1. The number of hydrogen-bond acceptors (Lipinski definition) is 4. The van der Waals surface area contributed by atoms with E-state index in [1.165, 1.54) is 75.3 Å². The quantitative estimate of drug-likeness (QED) is 0.107. The molecule has 192 valence electrons. The third-order valence-electron chi connectivity index (χ3n) is 6.44. The zero-order valence-corrected chi connectivity index (χ0v) is 23.4. The lowest BCUT2D eigenvalue weighted by Gasteiger charge is -2.09. The van der Waals surface area contributed by atoms with Crippen molar-refractivity contribution in [3.63, 3.8) is 0 Å². The van der Waals surface area contributed by atoms with Gasteiger partial charge in [-0.2, -0.15) is 0 Å². The van der Waals surface area contributed by atoms with E-state index in [-0.39, 0.29) is 5.97 Å². The second kappa shape index (κ2) is 15.6. The first kappa shape index (κ1) is 28.0. The molecule has 3 aromatic rings. The molecule has 0 bridgehead atoms. The fourth-order valence-corrected chi connectivity index (χ4v) is 4.78. The molecule has 0 aliphatic carbocycles. The van der Waals surface area contributed by atoms with Crippen LogP contribution in [-0.4, -0.2) is 15.9 Å². The van der Waals surface area contributed by atoms with Crippen LogP contribution in [-0.2, 0) is 12.8 Å². The Morgan fingerprint density at radius 3 is 2.06 bits per heavy atom. The van der Waals surface area contributed by atoms with Crippen LogP contribution in [0.15, 0.2) is 59.3 Å². The Labute approximate surface area is 225 Å². The molecule has 0 saturated heterocycles. The minimum atomic E-state index is -0.363. The van der Waals surface area contributed by atoms with Gasteiger partial charge in [0, 0.05) is 22.4 Å². The highest BCUT2D eigenvalue weighted by Gasteiger charge is 2.12. The number of aromatic nitrogens is 2. The van der Waals surface area contributed by atoms with Gasteiger partial charge in [0.2, 0.25) is 0 Å². The highest BCUT2D eigenvalue weighted by molar-refractivity contribution is 9.10. The van der Waals surface area contributed by atoms with Crippen LogP contribution >= 0.6 is 15.9 Å². The predicted octanol–water partition coefficient (Wildman–Crippen LogP) is 9.15. The van der Waals surface area contributed by atoms with Gasteiger partial charge in [-0.3, -0.25) is 0 Å². The molecule has 0 fully saturated rings. The Kier molecular flexibility index (Phi) is 12.1. The third-order valence-corrected chi connectivity index (χ3v) is 7.17. The molecule has 0 radical (unpaired) electrons. The minimum Gasteiger partial charge on any atom is -0.423 e. The van der Waals surface area contributed by atoms with E-state index in [0.717, 1.165) is 22.9 Å². The minimum absolute atomic E-state index is 0.363. The van der Waals surface area contributed by atoms with Gasteiger partial charge in [0.15, 0.2) is 5.82 Å². The molecule has 0 amide bonds. The van der Waals surface area contributed by atoms with E-state index in [9.17, 15) is 4.79 Å². The van der Waals surface area contributed by atoms with E-state index in [4.69, 9.17) is 4.74 Å². The maximum Gasteiger partial charge on any atom is 0.343 e. The van der Waals surface area contributed by atoms with Crippen molar-refractivity contribution in [3.05, 3.63) is 76.0 Å². The van der Waals surface area contributed by atoms with Crippen molar-refractivity contribution in [2.24, 2.45) is 0 Å². The fourth-order valence-electron chi connectivity index (χ4n) is 4.20. The van der Waals surface area contributed by atoms with E-state index in [1.807, 2.05) is 42.7 Å². The molecule has 0 aliphatic heterocycles. The van der Waals surface area contributed by atoms with Crippen molar-refractivity contribution >= 4 is 21.9 Å². The van der Waals surface area contributed by atoms with Gasteiger partial charge in [0.25, 0.3) is 0 Å². The third kappa shape index (κ3) is 9.16. The molecule has 2 aromatic carbocycles.